The Kier molecular flexibility index (Phi) is 2.04. The molecule has 1 saturated heterocycles. The summed E-state index contributed by atoms with van der Waals surface area (Å²) in [5.74, 6) is -0.323. The van der Waals surface area contributed by atoms with E-state index < -0.39 is 5.60 Å². The molecule has 74 valence electrons. The maximum Gasteiger partial charge on any atom is 0.345 e. The van der Waals surface area contributed by atoms with Crippen molar-refractivity contribution in [3.05, 3.63) is 35.9 Å². The third-order valence-corrected chi connectivity index (χ3v) is 2.57. The zero-order valence-corrected chi connectivity index (χ0v) is 8.19. The molecule has 1 heterocycles. The van der Waals surface area contributed by atoms with Crippen molar-refractivity contribution in [2.24, 2.45) is 0 Å². The summed E-state index contributed by atoms with van der Waals surface area (Å²) in [6.07, 6.45) is -0.0997. The molecule has 0 aromatic heterocycles. The molecule has 14 heavy (non-hydrogen) atoms. The molecule has 2 rings (SSSR count). The van der Waals surface area contributed by atoms with Gasteiger partial charge in [0.15, 0.2) is 0 Å². The fourth-order valence-corrected chi connectivity index (χ4v) is 1.72. The lowest BCUT2D eigenvalue weighted by molar-refractivity contribution is -0.147. The highest BCUT2D eigenvalue weighted by Gasteiger charge is 2.62. The van der Waals surface area contributed by atoms with Gasteiger partial charge in [-0.2, -0.15) is 0 Å². The summed E-state index contributed by atoms with van der Waals surface area (Å²) in [7, 11) is 1.38. The van der Waals surface area contributed by atoms with Gasteiger partial charge in [0.05, 0.1) is 7.11 Å². The van der Waals surface area contributed by atoms with E-state index >= 15 is 0 Å². The Balaban J connectivity index is 2.36. The maximum atomic E-state index is 11.6. The minimum absolute atomic E-state index is 0.0997. The second-order valence-corrected chi connectivity index (χ2v) is 3.35. The highest BCUT2D eigenvalue weighted by Crippen LogP contribution is 2.46. The van der Waals surface area contributed by atoms with Crippen LogP contribution in [0.15, 0.2) is 30.3 Å². The molecular weight excluding hydrogens is 180 g/mol. The molecule has 0 bridgehead atoms. The van der Waals surface area contributed by atoms with Crippen LogP contribution in [0.1, 0.15) is 12.5 Å². The van der Waals surface area contributed by atoms with Crippen LogP contribution in [0.25, 0.3) is 0 Å². The van der Waals surface area contributed by atoms with E-state index in [1.54, 1.807) is 0 Å². The summed E-state index contributed by atoms with van der Waals surface area (Å²) in [6.45, 7) is 1.86. The third-order valence-electron chi connectivity index (χ3n) is 2.57. The number of esters is 1. The first kappa shape index (κ1) is 9.21. The summed E-state index contributed by atoms with van der Waals surface area (Å²) in [4.78, 5) is 11.6. The number of methoxy groups -OCH3 is 1. The van der Waals surface area contributed by atoms with E-state index in [9.17, 15) is 4.79 Å². The molecule has 3 heteroatoms. The average Bonchev–Trinajstić information content (AvgIpc) is 2.92. The summed E-state index contributed by atoms with van der Waals surface area (Å²) in [5.41, 5.74) is 0.00933. The number of hydrogen-bond donors (Lipinski definition) is 0. The molecule has 0 aliphatic carbocycles. The molecule has 2 unspecified atom stereocenters. The van der Waals surface area contributed by atoms with Gasteiger partial charge in [0.1, 0.15) is 6.10 Å². The van der Waals surface area contributed by atoms with Crippen molar-refractivity contribution in [2.75, 3.05) is 7.11 Å². The molecule has 0 saturated carbocycles. The Morgan fingerprint density at radius 2 is 2.00 bits per heavy atom. The van der Waals surface area contributed by atoms with Gasteiger partial charge in [0.25, 0.3) is 0 Å². The van der Waals surface area contributed by atoms with E-state index in [1.807, 2.05) is 37.3 Å². The van der Waals surface area contributed by atoms with Gasteiger partial charge >= 0.3 is 5.97 Å². The van der Waals surface area contributed by atoms with Gasteiger partial charge in [-0.15, -0.1) is 0 Å². The largest absolute Gasteiger partial charge is 0.467 e. The molecule has 0 radical (unpaired) electrons. The van der Waals surface area contributed by atoms with E-state index in [0.29, 0.717) is 0 Å². The SMILES string of the molecule is COC(=O)C1(c2ccccc2)OC1C. The van der Waals surface area contributed by atoms with Crippen molar-refractivity contribution in [1.29, 1.82) is 0 Å². The Morgan fingerprint density at radius 1 is 1.43 bits per heavy atom. The predicted octanol–water partition coefficient (Wildman–Crippen LogP) is 1.47. The van der Waals surface area contributed by atoms with Gasteiger partial charge in [-0.25, -0.2) is 4.79 Å². The lowest BCUT2D eigenvalue weighted by atomic mass is 9.96. The molecule has 1 fully saturated rings. The normalized spacial score (nSPS) is 29.7. The van der Waals surface area contributed by atoms with Crippen LogP contribution in [0.4, 0.5) is 0 Å². The zero-order chi connectivity index (χ0) is 10.2. The van der Waals surface area contributed by atoms with Gasteiger partial charge in [0, 0.05) is 0 Å². The van der Waals surface area contributed by atoms with E-state index in [4.69, 9.17) is 9.47 Å². The smallest absolute Gasteiger partial charge is 0.345 e. The van der Waals surface area contributed by atoms with Crippen LogP contribution in [-0.2, 0) is 19.9 Å². The third kappa shape index (κ3) is 1.13. The second kappa shape index (κ2) is 3.10. The second-order valence-electron chi connectivity index (χ2n) is 3.35. The van der Waals surface area contributed by atoms with E-state index in [2.05, 4.69) is 0 Å². The monoisotopic (exact) mass is 192 g/mol. The van der Waals surface area contributed by atoms with E-state index in [1.165, 1.54) is 7.11 Å². The fraction of sp³-hybridized carbons (Fsp3) is 0.364. The van der Waals surface area contributed by atoms with Gasteiger partial charge in [-0.1, -0.05) is 30.3 Å². The highest BCUT2D eigenvalue weighted by molar-refractivity contribution is 5.85. The Hall–Kier alpha value is -1.35. The lowest BCUT2D eigenvalue weighted by Crippen LogP contribution is -2.25. The van der Waals surface area contributed by atoms with Gasteiger partial charge in [-0.05, 0) is 12.5 Å². The zero-order valence-electron chi connectivity index (χ0n) is 8.19. The fourth-order valence-electron chi connectivity index (χ4n) is 1.72. The van der Waals surface area contributed by atoms with Crippen molar-refractivity contribution in [3.63, 3.8) is 0 Å². The number of rotatable bonds is 2. The average molecular weight is 192 g/mol. The first-order valence-electron chi connectivity index (χ1n) is 4.53. The van der Waals surface area contributed by atoms with Crippen LogP contribution in [0.5, 0.6) is 0 Å². The van der Waals surface area contributed by atoms with Crippen molar-refractivity contribution in [3.8, 4) is 0 Å². The number of carbonyl (C=O) groups is 1. The summed E-state index contributed by atoms with van der Waals surface area (Å²) < 4.78 is 10.1. The molecule has 1 aromatic rings. The summed E-state index contributed by atoms with van der Waals surface area (Å²) in [5, 5.41) is 0. The van der Waals surface area contributed by atoms with Gasteiger partial charge < -0.3 is 9.47 Å². The van der Waals surface area contributed by atoms with E-state index in [0.717, 1.165) is 5.56 Å². The first-order valence-corrected chi connectivity index (χ1v) is 4.53. The summed E-state index contributed by atoms with van der Waals surface area (Å²) >= 11 is 0. The minimum atomic E-state index is -0.851. The number of epoxide rings is 1. The topological polar surface area (TPSA) is 38.8 Å². The Morgan fingerprint density at radius 3 is 2.43 bits per heavy atom. The quantitative estimate of drug-likeness (QED) is 0.526. The number of ether oxygens (including phenoxy) is 2. The highest BCUT2D eigenvalue weighted by atomic mass is 16.7. The van der Waals surface area contributed by atoms with Crippen LogP contribution >= 0.6 is 0 Å². The van der Waals surface area contributed by atoms with Crippen molar-refractivity contribution in [1.82, 2.24) is 0 Å². The molecule has 2 atom stereocenters. The van der Waals surface area contributed by atoms with E-state index in [-0.39, 0.29) is 12.1 Å². The van der Waals surface area contributed by atoms with Crippen molar-refractivity contribution < 1.29 is 14.3 Å². The molecule has 1 aliphatic rings. The predicted molar refractivity (Wildman–Crippen MR) is 50.7 cm³/mol. The van der Waals surface area contributed by atoms with Crippen LogP contribution in [0.3, 0.4) is 0 Å². The van der Waals surface area contributed by atoms with Crippen LogP contribution in [0, 0.1) is 0 Å². The first-order chi connectivity index (χ1) is 6.71. The van der Waals surface area contributed by atoms with Gasteiger partial charge in [0.2, 0.25) is 5.60 Å². The minimum Gasteiger partial charge on any atom is -0.467 e. The molecule has 0 amide bonds. The van der Waals surface area contributed by atoms with Crippen molar-refractivity contribution in [2.45, 2.75) is 18.6 Å². The van der Waals surface area contributed by atoms with Crippen LogP contribution < -0.4 is 0 Å². The number of carbonyl (C=O) groups excluding carboxylic acids is 1. The standard InChI is InChI=1S/C11H12O3/c1-8-11(14-8,10(12)13-2)9-6-4-3-5-7-9/h3-8H,1-2H3. The molecule has 1 aromatic carbocycles. The van der Waals surface area contributed by atoms with Gasteiger partial charge in [-0.3, -0.25) is 0 Å². The maximum absolute atomic E-state index is 11.6. The molecule has 0 spiro atoms. The Labute approximate surface area is 82.6 Å². The Bertz CT molecular complexity index is 347. The summed E-state index contributed by atoms with van der Waals surface area (Å²) in [6, 6.07) is 9.42. The van der Waals surface area contributed by atoms with Crippen molar-refractivity contribution >= 4 is 5.97 Å². The van der Waals surface area contributed by atoms with Crippen LogP contribution in [0.2, 0.25) is 0 Å². The molecule has 3 nitrogen and oxygen atoms in total. The molecule has 0 N–H and O–H groups in total. The van der Waals surface area contributed by atoms with Crippen LogP contribution in [-0.4, -0.2) is 19.2 Å². The lowest BCUT2D eigenvalue weighted by Gasteiger charge is -2.09. The molecular formula is C11H12O3. The molecule has 1 aliphatic heterocycles. The number of benzene rings is 1. The number of hydrogen-bond acceptors (Lipinski definition) is 3.